The van der Waals surface area contributed by atoms with E-state index in [0.717, 1.165) is 23.7 Å². The van der Waals surface area contributed by atoms with Crippen molar-refractivity contribution < 1.29 is 5.11 Å². The Balaban J connectivity index is 2.71. The third-order valence-electron chi connectivity index (χ3n) is 2.88. The van der Waals surface area contributed by atoms with Crippen LogP contribution in [0.2, 0.25) is 0 Å². The number of hydrogen-bond acceptors (Lipinski definition) is 2. The maximum absolute atomic E-state index is 9.92. The Hall–Kier alpha value is -0.470. The molecule has 1 aromatic carbocycles. The zero-order valence-electron chi connectivity index (χ0n) is 10.4. The van der Waals surface area contributed by atoms with Gasteiger partial charge in [0.25, 0.3) is 0 Å². The Morgan fingerprint density at radius 2 is 1.88 bits per heavy atom. The van der Waals surface area contributed by atoms with E-state index < -0.39 is 0 Å². The van der Waals surface area contributed by atoms with E-state index in [1.165, 1.54) is 11.3 Å². The fourth-order valence-corrected chi connectivity index (χ4v) is 2.70. The first-order valence-corrected chi connectivity index (χ1v) is 7.07. The fourth-order valence-electron chi connectivity index (χ4n) is 1.46. The highest BCUT2D eigenvalue weighted by Gasteiger charge is 2.10. The molecule has 0 aliphatic carbocycles. The van der Waals surface area contributed by atoms with E-state index in [0.29, 0.717) is 0 Å². The summed E-state index contributed by atoms with van der Waals surface area (Å²) in [5.74, 6) is 1.86. The van der Waals surface area contributed by atoms with Crippen molar-refractivity contribution in [2.75, 3.05) is 5.75 Å². The molecule has 0 bridgehead atoms. The van der Waals surface area contributed by atoms with Gasteiger partial charge in [0.2, 0.25) is 0 Å². The minimum atomic E-state index is -0.319. The molecule has 90 valence electrons. The van der Waals surface area contributed by atoms with Gasteiger partial charge in [-0.15, -0.1) is 11.8 Å². The lowest BCUT2D eigenvalue weighted by Crippen LogP contribution is -2.00. The molecule has 1 aromatic rings. The predicted molar refractivity (Wildman–Crippen MR) is 71.9 cm³/mol. The molecule has 0 saturated heterocycles. The molecular formula is C14H22OS. The lowest BCUT2D eigenvalue weighted by atomic mass is 10.1. The van der Waals surface area contributed by atoms with Gasteiger partial charge in [-0.1, -0.05) is 45.4 Å². The molecule has 2 unspecified atom stereocenters. The minimum absolute atomic E-state index is 0.319. The summed E-state index contributed by atoms with van der Waals surface area (Å²) in [6.45, 7) is 6.50. The standard InChI is InChI=1S/C14H22OS/c1-4-11(3)10-16-14-9-7-6-8-12(14)13(15)5-2/h6-9,11,13,15H,4-5,10H2,1-3H3. The third kappa shape index (κ3) is 3.84. The zero-order valence-corrected chi connectivity index (χ0v) is 11.3. The molecule has 2 atom stereocenters. The summed E-state index contributed by atoms with van der Waals surface area (Å²) in [5, 5.41) is 9.92. The lowest BCUT2D eigenvalue weighted by Gasteiger charge is -2.15. The largest absolute Gasteiger partial charge is 0.388 e. The zero-order chi connectivity index (χ0) is 12.0. The van der Waals surface area contributed by atoms with Gasteiger partial charge >= 0.3 is 0 Å². The molecule has 0 fully saturated rings. The van der Waals surface area contributed by atoms with Crippen molar-refractivity contribution in [3.8, 4) is 0 Å². The van der Waals surface area contributed by atoms with E-state index in [-0.39, 0.29) is 6.10 Å². The summed E-state index contributed by atoms with van der Waals surface area (Å²) >= 11 is 1.86. The van der Waals surface area contributed by atoms with E-state index in [1.54, 1.807) is 0 Å². The molecule has 16 heavy (non-hydrogen) atoms. The van der Waals surface area contributed by atoms with Crippen LogP contribution < -0.4 is 0 Å². The molecule has 0 aromatic heterocycles. The first kappa shape index (κ1) is 13.6. The quantitative estimate of drug-likeness (QED) is 0.747. The van der Waals surface area contributed by atoms with Crippen LogP contribution in [-0.2, 0) is 0 Å². The fraction of sp³-hybridized carbons (Fsp3) is 0.571. The molecule has 0 radical (unpaired) electrons. The Bertz CT molecular complexity index is 311. The van der Waals surface area contributed by atoms with Gasteiger partial charge in [0, 0.05) is 10.6 Å². The summed E-state index contributed by atoms with van der Waals surface area (Å²) in [6.07, 6.45) is 1.67. The molecule has 1 nitrogen and oxygen atoms in total. The second kappa shape index (κ2) is 6.97. The van der Waals surface area contributed by atoms with E-state index in [9.17, 15) is 5.11 Å². The average Bonchev–Trinajstić information content (AvgIpc) is 2.35. The lowest BCUT2D eigenvalue weighted by molar-refractivity contribution is 0.171. The summed E-state index contributed by atoms with van der Waals surface area (Å²) < 4.78 is 0. The van der Waals surface area contributed by atoms with Gasteiger partial charge in [0.05, 0.1) is 6.10 Å². The van der Waals surface area contributed by atoms with E-state index in [2.05, 4.69) is 19.9 Å². The van der Waals surface area contributed by atoms with Gasteiger partial charge in [-0.3, -0.25) is 0 Å². The first-order chi connectivity index (χ1) is 7.69. The van der Waals surface area contributed by atoms with Crippen LogP contribution in [-0.4, -0.2) is 10.9 Å². The second-order valence-corrected chi connectivity index (χ2v) is 5.35. The van der Waals surface area contributed by atoms with E-state index >= 15 is 0 Å². The normalized spacial score (nSPS) is 14.8. The Morgan fingerprint density at radius 1 is 1.19 bits per heavy atom. The van der Waals surface area contributed by atoms with Gasteiger partial charge in [-0.2, -0.15) is 0 Å². The van der Waals surface area contributed by atoms with Gasteiger partial charge in [-0.05, 0) is 24.0 Å². The Kier molecular flexibility index (Phi) is 5.93. The molecule has 0 spiro atoms. The minimum Gasteiger partial charge on any atom is -0.388 e. The highest BCUT2D eigenvalue weighted by molar-refractivity contribution is 7.99. The smallest absolute Gasteiger partial charge is 0.0798 e. The van der Waals surface area contributed by atoms with Gasteiger partial charge in [0.15, 0.2) is 0 Å². The molecule has 1 rings (SSSR count). The van der Waals surface area contributed by atoms with Gasteiger partial charge in [0.1, 0.15) is 0 Å². The maximum atomic E-state index is 9.92. The van der Waals surface area contributed by atoms with Crippen LogP contribution in [0.3, 0.4) is 0 Å². The highest BCUT2D eigenvalue weighted by atomic mass is 32.2. The van der Waals surface area contributed by atoms with Crippen LogP contribution in [0.25, 0.3) is 0 Å². The number of aliphatic hydroxyl groups is 1. The van der Waals surface area contributed by atoms with Crippen LogP contribution in [0.1, 0.15) is 45.3 Å². The van der Waals surface area contributed by atoms with E-state index in [4.69, 9.17) is 0 Å². The van der Waals surface area contributed by atoms with Crippen molar-refractivity contribution in [2.24, 2.45) is 5.92 Å². The molecule has 0 amide bonds. The van der Waals surface area contributed by atoms with Crippen molar-refractivity contribution in [1.29, 1.82) is 0 Å². The molecule has 0 aliphatic rings. The second-order valence-electron chi connectivity index (χ2n) is 4.29. The van der Waals surface area contributed by atoms with E-state index in [1.807, 2.05) is 36.9 Å². The van der Waals surface area contributed by atoms with Gasteiger partial charge in [-0.25, -0.2) is 0 Å². The molecule has 0 aliphatic heterocycles. The molecular weight excluding hydrogens is 216 g/mol. The summed E-state index contributed by atoms with van der Waals surface area (Å²) in [6, 6.07) is 8.20. The van der Waals surface area contributed by atoms with Crippen molar-refractivity contribution in [2.45, 2.75) is 44.6 Å². The van der Waals surface area contributed by atoms with Crippen molar-refractivity contribution in [3.05, 3.63) is 29.8 Å². The number of aliphatic hydroxyl groups excluding tert-OH is 1. The average molecular weight is 238 g/mol. The Morgan fingerprint density at radius 3 is 2.50 bits per heavy atom. The first-order valence-electron chi connectivity index (χ1n) is 6.08. The number of rotatable bonds is 6. The molecule has 2 heteroatoms. The third-order valence-corrected chi connectivity index (χ3v) is 4.30. The van der Waals surface area contributed by atoms with Crippen LogP contribution in [0.5, 0.6) is 0 Å². The van der Waals surface area contributed by atoms with Crippen molar-refractivity contribution in [1.82, 2.24) is 0 Å². The van der Waals surface area contributed by atoms with Crippen LogP contribution in [0.15, 0.2) is 29.2 Å². The van der Waals surface area contributed by atoms with Crippen LogP contribution in [0.4, 0.5) is 0 Å². The van der Waals surface area contributed by atoms with Crippen molar-refractivity contribution in [3.63, 3.8) is 0 Å². The number of benzene rings is 1. The molecule has 0 saturated carbocycles. The summed E-state index contributed by atoms with van der Waals surface area (Å²) in [4.78, 5) is 1.23. The number of hydrogen-bond donors (Lipinski definition) is 1. The van der Waals surface area contributed by atoms with Crippen LogP contribution in [0, 0.1) is 5.92 Å². The number of thioether (sulfide) groups is 1. The Labute approximate surface area is 103 Å². The SMILES string of the molecule is CCC(C)CSc1ccccc1C(O)CC. The topological polar surface area (TPSA) is 20.2 Å². The molecule has 0 heterocycles. The van der Waals surface area contributed by atoms with Crippen molar-refractivity contribution >= 4 is 11.8 Å². The van der Waals surface area contributed by atoms with Crippen LogP contribution >= 0.6 is 11.8 Å². The summed E-state index contributed by atoms with van der Waals surface area (Å²) in [7, 11) is 0. The predicted octanol–water partition coefficient (Wildman–Crippen LogP) is 4.27. The highest BCUT2D eigenvalue weighted by Crippen LogP contribution is 2.30. The monoisotopic (exact) mass is 238 g/mol. The summed E-state index contributed by atoms with van der Waals surface area (Å²) in [5.41, 5.74) is 1.08. The van der Waals surface area contributed by atoms with Gasteiger partial charge < -0.3 is 5.11 Å². The molecule has 1 N–H and O–H groups in total. The maximum Gasteiger partial charge on any atom is 0.0798 e.